The molecule has 0 N–H and O–H groups in total. The normalized spacial score (nSPS) is 27.0. The van der Waals surface area contributed by atoms with E-state index in [1.54, 1.807) is 141 Å². The Labute approximate surface area is 662 Å². The summed E-state index contributed by atoms with van der Waals surface area (Å²) < 4.78 is 138. The van der Waals surface area contributed by atoms with E-state index < -0.39 is 189 Å². The van der Waals surface area contributed by atoms with Gasteiger partial charge in [-0.05, 0) is 91.2 Å². The lowest BCUT2D eigenvalue weighted by Crippen LogP contribution is -2.75. The molecule has 4 aliphatic rings. The number of hydrogen-bond acceptors (Lipinski definition) is 29. The van der Waals surface area contributed by atoms with E-state index in [9.17, 15) is 28.8 Å². The number of carbonyl (C=O) groups is 8. The molecule has 0 spiro atoms. The first-order valence-corrected chi connectivity index (χ1v) is 37.1. The van der Waals surface area contributed by atoms with Crippen LogP contribution in [0.25, 0.3) is 0 Å². The molecule has 606 valence electrons. The molecule has 7 aromatic carbocycles. The van der Waals surface area contributed by atoms with Crippen LogP contribution < -0.4 is 4.74 Å². The number of rotatable bonds is 34. The van der Waals surface area contributed by atoms with Gasteiger partial charge in [0.15, 0.2) is 43.1 Å². The Kier molecular flexibility index (Phi) is 30.0. The van der Waals surface area contributed by atoms with Crippen LogP contribution in [0.15, 0.2) is 206 Å². The van der Waals surface area contributed by atoms with Crippen LogP contribution in [0.2, 0.25) is 0 Å². The second-order valence-electron chi connectivity index (χ2n) is 26.9. The van der Waals surface area contributed by atoms with Crippen LogP contribution in [-0.4, -0.2) is 211 Å². The van der Waals surface area contributed by atoms with Crippen LogP contribution in [0.4, 0.5) is 0 Å². The van der Waals surface area contributed by atoms with Crippen molar-refractivity contribution in [2.45, 2.75) is 170 Å². The minimum absolute atomic E-state index is 0.0185. The molecule has 7 aromatic rings. The molecule has 0 bridgehead atoms. The summed E-state index contributed by atoms with van der Waals surface area (Å²) in [7, 11) is 4.21. The number of fused-ring (bicyclic) bond motifs is 1. The van der Waals surface area contributed by atoms with Crippen LogP contribution in [0.1, 0.15) is 92.7 Å². The molecular weight excluding hydrogens is 1510 g/mol. The smallest absolute Gasteiger partial charge is 0.338 e. The fourth-order valence-electron chi connectivity index (χ4n) is 13.3. The van der Waals surface area contributed by atoms with Crippen molar-refractivity contribution in [2.75, 3.05) is 47.0 Å². The van der Waals surface area contributed by atoms with Gasteiger partial charge in [-0.2, -0.15) is 0 Å². The van der Waals surface area contributed by atoms with Gasteiger partial charge in [0.05, 0.1) is 55.8 Å². The number of carbonyl (C=O) groups excluding carboxylic acids is 8. The van der Waals surface area contributed by atoms with Crippen molar-refractivity contribution in [1.82, 2.24) is 0 Å². The van der Waals surface area contributed by atoms with Gasteiger partial charge in [0, 0.05) is 35.0 Å². The number of methoxy groups -OCH3 is 3. The third-order valence-electron chi connectivity index (χ3n) is 19.2. The topological polar surface area (TPSA) is 330 Å². The summed E-state index contributed by atoms with van der Waals surface area (Å²) >= 11 is 6.28. The monoisotopic (exact) mass is 1600 g/mol. The van der Waals surface area contributed by atoms with E-state index in [2.05, 4.69) is 0 Å². The summed E-state index contributed by atoms with van der Waals surface area (Å²) in [5, 5.41) is 0. The maximum Gasteiger partial charge on any atom is 0.338 e. The number of alkyl halides is 1. The standard InChI is InChI=1S/C84H89ClO29/c1-50(86)98-48-62(102-51(2)87)66-68(111-82-75(108-79(93)59-37-25-14-26-38-59)69(107-78(92)58-35-23-13-24-36-58)65(106-77(91)57-33-21-12-22-34-57)63(105-82)49-101-76(90)56-31-19-11-20-32-56)70(73(80(109-66)103-52(3)88)99-45-54-29-17-10-18-30-54)112-81-74(100-46-55-39-41-60(94-6)42-40-55)72-71(113-83(4,95-7)84(5,96-8)114-72)67(110-81)61(104-64(89)43-85)47-97-44-53-27-15-9-16-28-53/h9-42,61-63,65-75,80-82H,43-49H2,1-8H3/t61-,62-,63+,65+,66+,67+,68+,69-,70-,71+,72-,73-,74-,75+,80+,81-,82-,83-,84-/m0/s1. The van der Waals surface area contributed by atoms with Crippen molar-refractivity contribution in [2.24, 2.45) is 0 Å². The summed E-state index contributed by atoms with van der Waals surface area (Å²) in [6.45, 7) is 3.48. The molecule has 29 nitrogen and oxygen atoms in total. The van der Waals surface area contributed by atoms with E-state index in [4.69, 9.17) is 111 Å². The van der Waals surface area contributed by atoms with Crippen molar-refractivity contribution >= 4 is 59.4 Å². The molecule has 4 fully saturated rings. The van der Waals surface area contributed by atoms with Crippen molar-refractivity contribution in [3.8, 4) is 5.75 Å². The van der Waals surface area contributed by atoms with E-state index in [0.29, 0.717) is 16.9 Å². The Hall–Kier alpha value is -10.1. The molecule has 0 unspecified atom stereocenters. The first kappa shape index (κ1) is 84.8. The number of esters is 8. The highest BCUT2D eigenvalue weighted by atomic mass is 35.5. The Bertz CT molecular complexity index is 4290. The lowest BCUT2D eigenvalue weighted by atomic mass is 9.90. The van der Waals surface area contributed by atoms with E-state index in [-0.39, 0.29) is 42.1 Å². The van der Waals surface area contributed by atoms with Crippen LogP contribution >= 0.6 is 11.6 Å². The SMILES string of the molecule is COc1ccc(CO[C@@H]2[C@H](O[C@H]3[C@H](O[C@@H]4O[C@H](COC(=O)c5ccccc5)[C@@H](OC(=O)c5ccccc5)[C@H](OC(=O)c5ccccc5)[C@H]4OC(=O)c4ccccc4)[C@@H]([C@H](COC(C)=O)OC(C)=O)O[C@@H](OC(C)=O)[C@H]3OCc3ccccc3)O[C@H]([C@H](COCc3ccccc3)OC(=O)CCl)[C@H]3O[C@](C)(OC)[C@@](C)(OC)O[C@@H]32)cc1. The second-order valence-corrected chi connectivity index (χ2v) is 27.2. The van der Waals surface area contributed by atoms with Crippen LogP contribution in [0.3, 0.4) is 0 Å². The maximum atomic E-state index is 15.2. The highest BCUT2D eigenvalue weighted by Gasteiger charge is 2.66. The van der Waals surface area contributed by atoms with Gasteiger partial charge < -0.3 is 99.5 Å². The van der Waals surface area contributed by atoms with E-state index >= 15 is 9.59 Å². The van der Waals surface area contributed by atoms with Gasteiger partial charge in [0.1, 0.15) is 79.8 Å². The first-order valence-electron chi connectivity index (χ1n) is 36.6. The average molecular weight is 1600 g/mol. The molecule has 11 rings (SSSR count). The lowest BCUT2D eigenvalue weighted by molar-refractivity contribution is -0.487. The number of benzene rings is 7. The Morgan fingerprint density at radius 1 is 0.404 bits per heavy atom. The zero-order chi connectivity index (χ0) is 80.9. The van der Waals surface area contributed by atoms with Gasteiger partial charge in [-0.1, -0.05) is 146 Å². The molecule has 30 heteroatoms. The molecule has 114 heavy (non-hydrogen) atoms. The fraction of sp³-hybridized carbons (Fsp3) is 0.405. The van der Waals surface area contributed by atoms with Gasteiger partial charge in [-0.15, -0.1) is 11.6 Å². The number of halogens is 1. The lowest BCUT2D eigenvalue weighted by Gasteiger charge is -2.58. The molecule has 0 aliphatic carbocycles. The summed E-state index contributed by atoms with van der Waals surface area (Å²) in [5.41, 5.74) is 1.70. The van der Waals surface area contributed by atoms with Crippen molar-refractivity contribution < 1.29 is 138 Å². The summed E-state index contributed by atoms with van der Waals surface area (Å²) in [6, 6.07) is 55.2. The van der Waals surface area contributed by atoms with Gasteiger partial charge in [-0.3, -0.25) is 19.2 Å². The predicted molar refractivity (Wildman–Crippen MR) is 397 cm³/mol. The molecule has 4 heterocycles. The first-order chi connectivity index (χ1) is 55.1. The Morgan fingerprint density at radius 2 is 0.851 bits per heavy atom. The summed E-state index contributed by atoms with van der Waals surface area (Å²) in [5.74, 6) is -11.8. The second kappa shape index (κ2) is 40.3. The molecule has 19 atom stereocenters. The molecule has 0 radical (unpaired) electrons. The highest BCUT2D eigenvalue weighted by molar-refractivity contribution is 6.26. The van der Waals surface area contributed by atoms with E-state index in [1.165, 1.54) is 69.9 Å². The van der Waals surface area contributed by atoms with E-state index in [0.717, 1.165) is 26.3 Å². The minimum atomic E-state index is -2.27. The van der Waals surface area contributed by atoms with Gasteiger partial charge in [0.25, 0.3) is 0 Å². The van der Waals surface area contributed by atoms with E-state index in [1.807, 2.05) is 30.3 Å². The van der Waals surface area contributed by atoms with Gasteiger partial charge in [0.2, 0.25) is 17.9 Å². The fourth-order valence-corrected chi connectivity index (χ4v) is 13.3. The predicted octanol–water partition coefficient (Wildman–Crippen LogP) is 9.58. The van der Waals surface area contributed by atoms with Crippen LogP contribution in [-0.2, 0) is 134 Å². The molecule has 4 saturated heterocycles. The third-order valence-corrected chi connectivity index (χ3v) is 19.4. The quantitative estimate of drug-likeness (QED) is 0.0206. The van der Waals surface area contributed by atoms with Gasteiger partial charge in [-0.25, -0.2) is 19.2 Å². The molecular formula is C84H89ClO29. The zero-order valence-electron chi connectivity index (χ0n) is 63.6. The number of ether oxygens (including phenoxy) is 21. The summed E-state index contributed by atoms with van der Waals surface area (Å²) in [4.78, 5) is 114. The highest BCUT2D eigenvalue weighted by Crippen LogP contribution is 2.47. The van der Waals surface area contributed by atoms with Crippen LogP contribution in [0, 0.1) is 0 Å². The maximum absolute atomic E-state index is 15.2. The van der Waals surface area contributed by atoms with Gasteiger partial charge >= 0.3 is 47.8 Å². The number of hydrogen-bond donors (Lipinski definition) is 0. The molecule has 4 aliphatic heterocycles. The van der Waals surface area contributed by atoms with Crippen LogP contribution in [0.5, 0.6) is 5.75 Å². The van der Waals surface area contributed by atoms with Crippen molar-refractivity contribution in [1.29, 1.82) is 0 Å². The molecule has 0 aromatic heterocycles. The minimum Gasteiger partial charge on any atom is -0.497 e. The average Bonchev–Trinajstić information content (AvgIpc) is 0.727. The third kappa shape index (κ3) is 21.7. The van der Waals surface area contributed by atoms with Crippen molar-refractivity contribution in [3.63, 3.8) is 0 Å². The zero-order valence-corrected chi connectivity index (χ0v) is 64.4. The molecule has 0 saturated carbocycles. The van der Waals surface area contributed by atoms with Crippen molar-refractivity contribution in [3.05, 3.63) is 245 Å². The molecule has 0 amide bonds. The Morgan fingerprint density at radius 3 is 1.35 bits per heavy atom. The largest absolute Gasteiger partial charge is 0.497 e. The summed E-state index contributed by atoms with van der Waals surface area (Å²) in [6.07, 6.45) is -31.8. The Balaban J connectivity index is 1.15.